The number of amides is 1. The third kappa shape index (κ3) is 8.78. The van der Waals surface area contributed by atoms with E-state index in [1.807, 2.05) is 13.8 Å². The van der Waals surface area contributed by atoms with E-state index >= 15 is 0 Å². The van der Waals surface area contributed by atoms with Gasteiger partial charge in [0.1, 0.15) is 17.7 Å². The highest BCUT2D eigenvalue weighted by atomic mass is 16.6. The number of hydrogen-bond donors (Lipinski definition) is 2. The van der Waals surface area contributed by atoms with Crippen molar-refractivity contribution in [2.24, 2.45) is 0 Å². The van der Waals surface area contributed by atoms with Crippen LogP contribution in [0.5, 0.6) is 0 Å². The predicted molar refractivity (Wildman–Crippen MR) is 81.3 cm³/mol. The van der Waals surface area contributed by atoms with Gasteiger partial charge in [-0.05, 0) is 33.6 Å². The second kappa shape index (κ2) is 9.58. The van der Waals surface area contributed by atoms with E-state index in [9.17, 15) is 20.0 Å². The molecule has 0 aliphatic carbocycles. The summed E-state index contributed by atoms with van der Waals surface area (Å²) in [6.07, 6.45) is -0.337. The van der Waals surface area contributed by atoms with Gasteiger partial charge in [-0.25, -0.2) is 4.79 Å². The number of hydrogen-bond acceptors (Lipinski definition) is 6. The van der Waals surface area contributed by atoms with Gasteiger partial charge in [0.05, 0.1) is 12.7 Å². The van der Waals surface area contributed by atoms with E-state index in [0.29, 0.717) is 12.8 Å². The highest BCUT2D eigenvalue weighted by Gasteiger charge is 2.31. The first kappa shape index (κ1) is 20.6. The van der Waals surface area contributed by atoms with E-state index in [1.165, 1.54) is 0 Å². The Bertz CT molecular complexity index is 352. The van der Waals surface area contributed by atoms with Crippen molar-refractivity contribution < 1.29 is 24.3 Å². The number of rotatable bonds is 9. The highest BCUT2D eigenvalue weighted by molar-refractivity contribution is 5.68. The fraction of sp³-hybridized carbons (Fsp3) is 0.929. The molecule has 0 aromatic carbocycles. The van der Waals surface area contributed by atoms with Crippen LogP contribution in [0.2, 0.25) is 0 Å². The lowest BCUT2D eigenvalue weighted by molar-refractivity contribution is -0.485. The van der Waals surface area contributed by atoms with Crippen molar-refractivity contribution in [1.82, 2.24) is 5.32 Å². The average molecular weight is 320 g/mol. The molecular weight excluding hydrogens is 292 g/mol. The van der Waals surface area contributed by atoms with Crippen LogP contribution in [-0.4, -0.2) is 53.1 Å². The summed E-state index contributed by atoms with van der Waals surface area (Å²) in [6.45, 7) is 7.95. The van der Waals surface area contributed by atoms with Gasteiger partial charge < -0.3 is 19.9 Å². The minimum absolute atomic E-state index is 0.133. The third-order valence-corrected chi connectivity index (χ3v) is 2.95. The smallest absolute Gasteiger partial charge is 0.408 e. The standard InChI is InChI=1S/C14H28N2O6/c1-6-10(7-2)21-12(9-17)11(8-16(19)20)15-13(18)22-14(3,4)5/h10-12,17H,6-9H2,1-5H3,(H,15,18)/t11?,12-/m1/s1. The summed E-state index contributed by atoms with van der Waals surface area (Å²) in [4.78, 5) is 22.0. The molecule has 0 aromatic heterocycles. The van der Waals surface area contributed by atoms with E-state index in [-0.39, 0.29) is 6.10 Å². The Morgan fingerprint density at radius 1 is 1.32 bits per heavy atom. The molecule has 0 aliphatic heterocycles. The lowest BCUT2D eigenvalue weighted by Crippen LogP contribution is -2.52. The summed E-state index contributed by atoms with van der Waals surface area (Å²) in [5.74, 6) is 0. The van der Waals surface area contributed by atoms with Crippen molar-refractivity contribution in [3.05, 3.63) is 10.1 Å². The van der Waals surface area contributed by atoms with Crippen molar-refractivity contribution in [2.45, 2.75) is 71.3 Å². The SMILES string of the molecule is CCC(CC)O[C@H](CO)C(C[N+](=O)[O-])NC(=O)OC(C)(C)C. The maximum absolute atomic E-state index is 11.8. The summed E-state index contributed by atoms with van der Waals surface area (Å²) in [5, 5.41) is 22.7. The number of aliphatic hydroxyl groups is 1. The summed E-state index contributed by atoms with van der Waals surface area (Å²) in [7, 11) is 0. The maximum Gasteiger partial charge on any atom is 0.408 e. The van der Waals surface area contributed by atoms with Gasteiger partial charge in [-0.15, -0.1) is 0 Å². The van der Waals surface area contributed by atoms with Gasteiger partial charge in [0, 0.05) is 4.92 Å². The largest absolute Gasteiger partial charge is 0.444 e. The molecule has 2 atom stereocenters. The molecule has 0 rings (SSSR count). The Balaban J connectivity index is 4.91. The van der Waals surface area contributed by atoms with Crippen LogP contribution in [-0.2, 0) is 9.47 Å². The van der Waals surface area contributed by atoms with Crippen LogP contribution in [0.4, 0.5) is 4.79 Å². The molecular formula is C14H28N2O6. The Hall–Kier alpha value is -1.41. The normalized spacial score (nSPS) is 14.5. The molecule has 0 spiro atoms. The molecule has 8 heteroatoms. The zero-order valence-electron chi connectivity index (χ0n) is 14.0. The minimum atomic E-state index is -0.963. The fourth-order valence-electron chi connectivity index (χ4n) is 1.87. The van der Waals surface area contributed by atoms with Crippen LogP contribution in [0.3, 0.4) is 0 Å². The van der Waals surface area contributed by atoms with Gasteiger partial charge in [0.2, 0.25) is 6.54 Å². The van der Waals surface area contributed by atoms with Gasteiger partial charge in [0.25, 0.3) is 0 Å². The fourth-order valence-corrected chi connectivity index (χ4v) is 1.87. The number of nitrogens with zero attached hydrogens (tertiary/aromatic N) is 1. The van der Waals surface area contributed by atoms with Crippen LogP contribution in [0.25, 0.3) is 0 Å². The number of alkyl carbamates (subject to hydrolysis) is 1. The number of nitro groups is 1. The number of carbonyl (C=O) groups is 1. The Morgan fingerprint density at radius 2 is 1.86 bits per heavy atom. The Labute approximate surface area is 131 Å². The topological polar surface area (TPSA) is 111 Å². The molecule has 8 nitrogen and oxygen atoms in total. The quantitative estimate of drug-likeness (QED) is 0.494. The monoisotopic (exact) mass is 320 g/mol. The van der Waals surface area contributed by atoms with Gasteiger partial charge in [-0.3, -0.25) is 10.1 Å². The molecule has 0 fully saturated rings. The van der Waals surface area contributed by atoms with Crippen LogP contribution in [0.1, 0.15) is 47.5 Å². The summed E-state index contributed by atoms with van der Waals surface area (Å²) in [5.41, 5.74) is -0.714. The third-order valence-electron chi connectivity index (χ3n) is 2.95. The minimum Gasteiger partial charge on any atom is -0.444 e. The molecule has 0 radical (unpaired) electrons. The molecule has 0 heterocycles. The van der Waals surface area contributed by atoms with E-state index in [1.54, 1.807) is 20.8 Å². The zero-order valence-corrected chi connectivity index (χ0v) is 14.0. The molecule has 0 aliphatic rings. The second-order valence-corrected chi connectivity index (χ2v) is 6.06. The Morgan fingerprint density at radius 3 is 2.23 bits per heavy atom. The maximum atomic E-state index is 11.8. The molecule has 2 N–H and O–H groups in total. The lowest BCUT2D eigenvalue weighted by Gasteiger charge is -2.28. The molecule has 1 unspecified atom stereocenters. The highest BCUT2D eigenvalue weighted by Crippen LogP contribution is 2.12. The first-order valence-electron chi connectivity index (χ1n) is 7.50. The van der Waals surface area contributed by atoms with Crippen molar-refractivity contribution in [1.29, 1.82) is 0 Å². The molecule has 0 saturated heterocycles. The van der Waals surface area contributed by atoms with Crippen LogP contribution < -0.4 is 5.32 Å². The molecule has 0 saturated carbocycles. The molecule has 0 aromatic rings. The average Bonchev–Trinajstić information content (AvgIpc) is 2.36. The van der Waals surface area contributed by atoms with E-state index in [4.69, 9.17) is 9.47 Å². The van der Waals surface area contributed by atoms with Crippen molar-refractivity contribution in [3.63, 3.8) is 0 Å². The van der Waals surface area contributed by atoms with Gasteiger partial charge in [0.15, 0.2) is 0 Å². The summed E-state index contributed by atoms with van der Waals surface area (Å²) in [6, 6.07) is -0.963. The van der Waals surface area contributed by atoms with Crippen LogP contribution >= 0.6 is 0 Å². The second-order valence-electron chi connectivity index (χ2n) is 6.06. The molecule has 0 bridgehead atoms. The molecule has 1 amide bonds. The van der Waals surface area contributed by atoms with Crippen LogP contribution in [0, 0.1) is 10.1 Å². The van der Waals surface area contributed by atoms with Gasteiger partial charge in [-0.1, -0.05) is 13.8 Å². The number of carbonyl (C=O) groups excluding carboxylic acids is 1. The van der Waals surface area contributed by atoms with Crippen molar-refractivity contribution in [2.75, 3.05) is 13.2 Å². The van der Waals surface area contributed by atoms with Crippen molar-refractivity contribution in [3.8, 4) is 0 Å². The van der Waals surface area contributed by atoms with Gasteiger partial charge in [-0.2, -0.15) is 0 Å². The van der Waals surface area contributed by atoms with E-state index < -0.39 is 41.9 Å². The lowest BCUT2D eigenvalue weighted by atomic mass is 10.1. The van der Waals surface area contributed by atoms with E-state index in [2.05, 4.69) is 5.32 Å². The number of nitrogens with one attached hydrogen (secondary N) is 1. The van der Waals surface area contributed by atoms with Crippen molar-refractivity contribution >= 4 is 6.09 Å². The predicted octanol–water partition coefficient (Wildman–Crippen LogP) is 1.72. The summed E-state index contributed by atoms with van der Waals surface area (Å²) < 4.78 is 10.8. The van der Waals surface area contributed by atoms with Gasteiger partial charge >= 0.3 is 6.09 Å². The van der Waals surface area contributed by atoms with E-state index in [0.717, 1.165) is 0 Å². The first-order valence-corrected chi connectivity index (χ1v) is 7.50. The summed E-state index contributed by atoms with van der Waals surface area (Å²) >= 11 is 0. The molecule has 22 heavy (non-hydrogen) atoms. The first-order chi connectivity index (χ1) is 10.1. The number of aliphatic hydroxyl groups excluding tert-OH is 1. The van der Waals surface area contributed by atoms with Crippen LogP contribution in [0.15, 0.2) is 0 Å². The Kier molecular flexibility index (Phi) is 8.96. The molecule has 130 valence electrons. The number of ether oxygens (including phenoxy) is 2. The zero-order chi connectivity index (χ0) is 17.3.